The van der Waals surface area contributed by atoms with Crippen molar-refractivity contribution in [3.8, 4) is 29.2 Å². The molecule has 0 aliphatic carbocycles. The third kappa shape index (κ3) is 3.66. The first-order valence-corrected chi connectivity index (χ1v) is 7.90. The van der Waals surface area contributed by atoms with Crippen molar-refractivity contribution in [2.45, 2.75) is 13.3 Å². The number of aromatic nitrogens is 1. The molecule has 128 valence electrons. The standard InChI is InChI=1S/C18H20ClNO4/c1-5-10-24-11-6-7-13-17(22-3)12-8-9-14(21-2)15(19)16(12)20-18(13)23-4/h8-9H,5,10-11H2,1-4H3. The maximum atomic E-state index is 6.36. The highest BCUT2D eigenvalue weighted by Crippen LogP contribution is 2.40. The van der Waals surface area contributed by atoms with Crippen LogP contribution in [-0.4, -0.2) is 39.5 Å². The minimum Gasteiger partial charge on any atom is -0.495 e. The van der Waals surface area contributed by atoms with Crippen molar-refractivity contribution in [1.82, 2.24) is 4.98 Å². The van der Waals surface area contributed by atoms with E-state index in [1.165, 1.54) is 7.11 Å². The molecular weight excluding hydrogens is 330 g/mol. The van der Waals surface area contributed by atoms with Crippen LogP contribution in [0.4, 0.5) is 0 Å². The number of rotatable bonds is 6. The molecule has 0 radical (unpaired) electrons. The molecule has 0 amide bonds. The first-order valence-electron chi connectivity index (χ1n) is 7.52. The van der Waals surface area contributed by atoms with E-state index < -0.39 is 0 Å². The topological polar surface area (TPSA) is 49.8 Å². The number of fused-ring (bicyclic) bond motifs is 1. The Kier molecular flexibility index (Phi) is 6.53. The number of pyridine rings is 1. The Morgan fingerprint density at radius 2 is 1.92 bits per heavy atom. The second-order valence-corrected chi connectivity index (χ2v) is 5.24. The quantitative estimate of drug-likeness (QED) is 0.588. The van der Waals surface area contributed by atoms with Gasteiger partial charge in [0.25, 0.3) is 0 Å². The average Bonchev–Trinajstić information content (AvgIpc) is 2.61. The predicted molar refractivity (Wildman–Crippen MR) is 94.4 cm³/mol. The van der Waals surface area contributed by atoms with Crippen LogP contribution in [0.5, 0.6) is 17.4 Å². The lowest BCUT2D eigenvalue weighted by Crippen LogP contribution is -2.00. The van der Waals surface area contributed by atoms with Gasteiger partial charge in [-0.05, 0) is 18.6 Å². The maximum absolute atomic E-state index is 6.36. The highest BCUT2D eigenvalue weighted by Gasteiger charge is 2.18. The fourth-order valence-corrected chi connectivity index (χ4v) is 2.53. The summed E-state index contributed by atoms with van der Waals surface area (Å²) in [6.07, 6.45) is 0.951. The lowest BCUT2D eigenvalue weighted by atomic mass is 10.1. The summed E-state index contributed by atoms with van der Waals surface area (Å²) in [4.78, 5) is 4.47. The number of halogens is 1. The van der Waals surface area contributed by atoms with Gasteiger partial charge >= 0.3 is 0 Å². The van der Waals surface area contributed by atoms with Gasteiger partial charge in [-0.1, -0.05) is 30.4 Å². The molecule has 2 aromatic rings. The second kappa shape index (κ2) is 8.62. The average molecular weight is 350 g/mol. The summed E-state index contributed by atoms with van der Waals surface area (Å²) in [5.41, 5.74) is 1.10. The molecule has 2 rings (SSSR count). The Labute approximate surface area is 146 Å². The minimum atomic E-state index is 0.335. The number of methoxy groups -OCH3 is 3. The number of hydrogen-bond acceptors (Lipinski definition) is 5. The zero-order valence-electron chi connectivity index (χ0n) is 14.2. The van der Waals surface area contributed by atoms with E-state index in [9.17, 15) is 0 Å². The van der Waals surface area contributed by atoms with Crippen LogP contribution in [0, 0.1) is 11.8 Å². The molecule has 0 spiro atoms. The van der Waals surface area contributed by atoms with Crippen LogP contribution in [0.1, 0.15) is 18.9 Å². The summed E-state index contributed by atoms with van der Waals surface area (Å²) < 4.78 is 21.5. The number of hydrogen-bond donors (Lipinski definition) is 0. The molecule has 24 heavy (non-hydrogen) atoms. The van der Waals surface area contributed by atoms with Crippen molar-refractivity contribution in [1.29, 1.82) is 0 Å². The van der Waals surface area contributed by atoms with Crippen LogP contribution in [-0.2, 0) is 4.74 Å². The van der Waals surface area contributed by atoms with Gasteiger partial charge in [-0.2, -0.15) is 0 Å². The molecule has 0 saturated heterocycles. The van der Waals surface area contributed by atoms with Gasteiger partial charge in [0.1, 0.15) is 34.2 Å². The van der Waals surface area contributed by atoms with E-state index in [4.69, 9.17) is 30.5 Å². The molecule has 0 bridgehead atoms. The molecule has 1 aromatic carbocycles. The van der Waals surface area contributed by atoms with E-state index in [0.717, 1.165) is 11.8 Å². The molecule has 5 nitrogen and oxygen atoms in total. The van der Waals surface area contributed by atoms with Crippen molar-refractivity contribution < 1.29 is 18.9 Å². The van der Waals surface area contributed by atoms with E-state index in [1.54, 1.807) is 20.3 Å². The number of ether oxygens (including phenoxy) is 4. The van der Waals surface area contributed by atoms with Crippen LogP contribution >= 0.6 is 11.6 Å². The fraction of sp³-hybridized carbons (Fsp3) is 0.389. The van der Waals surface area contributed by atoms with Crippen LogP contribution in [0.25, 0.3) is 10.9 Å². The van der Waals surface area contributed by atoms with E-state index in [2.05, 4.69) is 16.8 Å². The molecular formula is C18H20ClNO4. The zero-order valence-corrected chi connectivity index (χ0v) is 15.0. The van der Waals surface area contributed by atoms with Crippen LogP contribution in [0.3, 0.4) is 0 Å². The summed E-state index contributed by atoms with van der Waals surface area (Å²) in [6.45, 7) is 3.06. The predicted octanol–water partition coefficient (Wildman–Crippen LogP) is 3.69. The molecule has 0 N–H and O–H groups in total. The molecule has 0 unspecified atom stereocenters. The van der Waals surface area contributed by atoms with Crippen LogP contribution < -0.4 is 14.2 Å². The van der Waals surface area contributed by atoms with Gasteiger partial charge in [-0.3, -0.25) is 0 Å². The maximum Gasteiger partial charge on any atom is 0.233 e. The Morgan fingerprint density at radius 1 is 1.12 bits per heavy atom. The van der Waals surface area contributed by atoms with Gasteiger partial charge in [-0.15, -0.1) is 0 Å². The SMILES string of the molecule is CCCOCC#Cc1c(OC)nc2c(Cl)c(OC)ccc2c1OC. The Hall–Kier alpha value is -2.16. The first kappa shape index (κ1) is 18.2. The highest BCUT2D eigenvalue weighted by atomic mass is 35.5. The smallest absolute Gasteiger partial charge is 0.233 e. The third-order valence-corrected chi connectivity index (χ3v) is 3.70. The van der Waals surface area contributed by atoms with E-state index in [1.807, 2.05) is 13.0 Å². The number of nitrogens with zero attached hydrogens (tertiary/aromatic N) is 1. The van der Waals surface area contributed by atoms with Gasteiger partial charge in [0.05, 0.1) is 21.3 Å². The van der Waals surface area contributed by atoms with Gasteiger partial charge in [-0.25, -0.2) is 4.98 Å². The summed E-state index contributed by atoms with van der Waals surface area (Å²) in [5.74, 6) is 7.42. The van der Waals surface area contributed by atoms with Crippen LogP contribution in [0.15, 0.2) is 12.1 Å². The Balaban J connectivity index is 2.58. The van der Waals surface area contributed by atoms with E-state index in [-0.39, 0.29) is 0 Å². The highest BCUT2D eigenvalue weighted by molar-refractivity contribution is 6.36. The summed E-state index contributed by atoms with van der Waals surface area (Å²) in [5, 5.41) is 1.14. The van der Waals surface area contributed by atoms with Gasteiger partial charge in [0.2, 0.25) is 5.88 Å². The fourth-order valence-electron chi connectivity index (χ4n) is 2.25. The van der Waals surface area contributed by atoms with Crippen molar-refractivity contribution in [3.05, 3.63) is 22.7 Å². The molecule has 0 aliphatic heterocycles. The lowest BCUT2D eigenvalue weighted by molar-refractivity contribution is 0.168. The molecule has 1 aromatic heterocycles. The molecule has 6 heteroatoms. The Morgan fingerprint density at radius 3 is 2.54 bits per heavy atom. The molecule has 0 saturated carbocycles. The third-order valence-electron chi connectivity index (χ3n) is 3.33. The summed E-state index contributed by atoms with van der Waals surface area (Å²) in [6, 6.07) is 3.60. The lowest BCUT2D eigenvalue weighted by Gasteiger charge is -2.13. The molecule has 0 aliphatic rings. The van der Waals surface area contributed by atoms with Gasteiger partial charge < -0.3 is 18.9 Å². The first-order chi connectivity index (χ1) is 11.7. The largest absolute Gasteiger partial charge is 0.495 e. The summed E-state index contributed by atoms with van der Waals surface area (Å²) in [7, 11) is 4.66. The van der Waals surface area contributed by atoms with Crippen molar-refractivity contribution >= 4 is 22.5 Å². The van der Waals surface area contributed by atoms with E-state index in [0.29, 0.717) is 46.7 Å². The minimum absolute atomic E-state index is 0.335. The van der Waals surface area contributed by atoms with E-state index >= 15 is 0 Å². The van der Waals surface area contributed by atoms with Gasteiger partial charge in [0, 0.05) is 12.0 Å². The number of benzene rings is 1. The van der Waals surface area contributed by atoms with Crippen molar-refractivity contribution in [2.24, 2.45) is 0 Å². The van der Waals surface area contributed by atoms with Crippen molar-refractivity contribution in [2.75, 3.05) is 34.5 Å². The van der Waals surface area contributed by atoms with Crippen LogP contribution in [0.2, 0.25) is 5.02 Å². The Bertz CT molecular complexity index is 780. The zero-order chi connectivity index (χ0) is 17.5. The monoisotopic (exact) mass is 349 g/mol. The molecule has 0 atom stereocenters. The van der Waals surface area contributed by atoms with Crippen molar-refractivity contribution in [3.63, 3.8) is 0 Å². The summed E-state index contributed by atoms with van der Waals surface area (Å²) >= 11 is 6.36. The normalized spacial score (nSPS) is 10.2. The second-order valence-electron chi connectivity index (χ2n) is 4.86. The van der Waals surface area contributed by atoms with Gasteiger partial charge in [0.15, 0.2) is 0 Å². The molecule has 0 fully saturated rings. The molecule has 1 heterocycles.